The smallest absolute Gasteiger partial charge is 0.248 e. The quantitative estimate of drug-likeness (QED) is 0.0442. The van der Waals surface area contributed by atoms with Crippen LogP contribution >= 0.6 is 0 Å². The Hall–Kier alpha value is -6.40. The van der Waals surface area contributed by atoms with Gasteiger partial charge in [-0.1, -0.05) is 82.1 Å². The average molecular weight is 1180 g/mol. The Bertz CT molecular complexity index is 2320. The van der Waals surface area contributed by atoms with Crippen LogP contribution < -0.4 is 53.6 Å². The zero-order valence-corrected chi connectivity index (χ0v) is 52.5. The van der Waals surface area contributed by atoms with Crippen LogP contribution in [0.1, 0.15) is 182 Å². The van der Waals surface area contributed by atoms with Gasteiger partial charge in [0.25, 0.3) is 0 Å². The highest BCUT2D eigenvalue weighted by Gasteiger charge is 2.46. The summed E-state index contributed by atoms with van der Waals surface area (Å²) in [6.45, 7) is 28.4. The molecule has 2 heterocycles. The van der Waals surface area contributed by atoms with Gasteiger partial charge in [-0.3, -0.25) is 57.5 Å². The summed E-state index contributed by atoms with van der Waals surface area (Å²) in [7, 11) is 0. The molecule has 0 unspecified atom stereocenters. The van der Waals surface area contributed by atoms with Gasteiger partial charge < -0.3 is 68.5 Å². The Morgan fingerprint density at radius 3 is 1.30 bits per heavy atom. The van der Waals surface area contributed by atoms with E-state index in [1.54, 1.807) is 20.8 Å². The maximum Gasteiger partial charge on any atom is 0.248 e. The van der Waals surface area contributed by atoms with Crippen molar-refractivity contribution in [3.05, 3.63) is 0 Å². The van der Waals surface area contributed by atoms with Gasteiger partial charge in [-0.25, -0.2) is 0 Å². The summed E-state index contributed by atoms with van der Waals surface area (Å²) in [4.78, 5) is 167. The van der Waals surface area contributed by atoms with Crippen molar-refractivity contribution in [3.8, 4) is 0 Å². The van der Waals surface area contributed by atoms with Gasteiger partial charge in [-0.2, -0.15) is 0 Å². The number of primary amides is 1. The van der Waals surface area contributed by atoms with E-state index in [0.717, 1.165) is 0 Å². The van der Waals surface area contributed by atoms with Crippen molar-refractivity contribution in [1.82, 2.24) is 57.7 Å². The fraction of sp³-hybridized carbons (Fsp3) is 0.793. The molecule has 10 atom stereocenters. The molecule has 12 amide bonds. The lowest BCUT2D eigenvalue weighted by Crippen LogP contribution is -2.64. The molecule has 2 rings (SSSR count). The molecule has 2 aliphatic rings. The predicted octanol–water partition coefficient (Wildman–Crippen LogP) is 0.680. The van der Waals surface area contributed by atoms with Crippen molar-refractivity contribution in [1.29, 1.82) is 0 Å². The third-order valence-corrected chi connectivity index (χ3v) is 15.5. The lowest BCUT2D eigenvalue weighted by atomic mass is 9.95. The fourth-order valence-corrected chi connectivity index (χ4v) is 10.1. The largest absolute Gasteiger partial charge is 0.394 e. The molecule has 12 N–H and O–H groups in total. The van der Waals surface area contributed by atoms with Crippen LogP contribution in [0.3, 0.4) is 0 Å². The maximum absolute atomic E-state index is 14.5. The van der Waals surface area contributed by atoms with Gasteiger partial charge in [0.05, 0.1) is 12.6 Å². The van der Waals surface area contributed by atoms with E-state index < -0.39 is 148 Å². The molecule has 0 aliphatic carbocycles. The molecular weight excluding hydrogens is 1070 g/mol. The molecule has 0 radical (unpaired) electrons. The third kappa shape index (κ3) is 21.6. The van der Waals surface area contributed by atoms with E-state index in [-0.39, 0.29) is 69.6 Å². The molecule has 2 saturated heterocycles. The number of carbonyl (C=O) groups excluding carboxylic acids is 12. The minimum absolute atomic E-state index is 0.0534. The van der Waals surface area contributed by atoms with Gasteiger partial charge in [0.2, 0.25) is 70.9 Å². The molecule has 25 nitrogen and oxygen atoms in total. The predicted molar refractivity (Wildman–Crippen MR) is 312 cm³/mol. The molecule has 0 saturated carbocycles. The van der Waals surface area contributed by atoms with Crippen LogP contribution in [0.5, 0.6) is 0 Å². The minimum Gasteiger partial charge on any atom is -0.394 e. The highest BCUT2D eigenvalue weighted by molar-refractivity contribution is 6.01. The van der Waals surface area contributed by atoms with E-state index in [2.05, 4.69) is 47.9 Å². The van der Waals surface area contributed by atoms with E-state index in [4.69, 9.17) is 5.73 Å². The molecule has 83 heavy (non-hydrogen) atoms. The van der Waals surface area contributed by atoms with Crippen molar-refractivity contribution in [3.63, 3.8) is 0 Å². The van der Waals surface area contributed by atoms with E-state index >= 15 is 0 Å². The number of aliphatic hydroxyl groups excluding tert-OH is 1. The van der Waals surface area contributed by atoms with Crippen LogP contribution in [0.2, 0.25) is 0 Å². The average Bonchev–Trinajstić information content (AvgIpc) is 4.09. The summed E-state index contributed by atoms with van der Waals surface area (Å²) in [6, 6.07) is -8.52. The molecule has 0 aromatic carbocycles. The SMILES string of the molecule is CC[C@@H](C)[C@@H](NC(=O)[C@@H]1CCCN1C(=O)C(C)(C)NC(=O)[C@H](CC(C)C)NC(=O)[C@H](NC(=O)[C@@H](CCC(N)=O)NC(=O)C(C)(C)NC(C)=O)[C@@H](C)CC)C(=O)N[C@H](CC(C)C)C(=O)NC(C)(C)C(=O)N1CCC[C@H]1C(=O)N[C@H](CO)C(C)C. The summed E-state index contributed by atoms with van der Waals surface area (Å²) < 4.78 is 0. The number of rotatable bonds is 32. The Balaban J connectivity index is 2.33. The van der Waals surface area contributed by atoms with Gasteiger partial charge in [0.15, 0.2) is 0 Å². The van der Waals surface area contributed by atoms with Gasteiger partial charge in [-0.15, -0.1) is 0 Å². The molecule has 0 aromatic heterocycles. The third-order valence-electron chi connectivity index (χ3n) is 15.5. The molecule has 25 heteroatoms. The maximum atomic E-state index is 14.5. The summed E-state index contributed by atoms with van der Waals surface area (Å²) in [5.74, 6) is -9.03. The summed E-state index contributed by atoms with van der Waals surface area (Å²) >= 11 is 0. The van der Waals surface area contributed by atoms with Crippen molar-refractivity contribution < 1.29 is 62.6 Å². The number of nitrogens with zero attached hydrogens (tertiary/aromatic N) is 2. The first kappa shape index (κ1) is 72.7. The zero-order chi connectivity index (χ0) is 63.6. The molecule has 2 aliphatic heterocycles. The van der Waals surface area contributed by atoms with E-state index in [9.17, 15) is 62.6 Å². The van der Waals surface area contributed by atoms with Gasteiger partial charge in [0, 0.05) is 26.4 Å². The number of hydrogen-bond donors (Lipinski definition) is 11. The summed E-state index contributed by atoms with van der Waals surface area (Å²) in [6.07, 6.45) is 2.17. The van der Waals surface area contributed by atoms with Crippen LogP contribution in [0.15, 0.2) is 0 Å². The van der Waals surface area contributed by atoms with Crippen molar-refractivity contribution in [2.24, 2.45) is 35.3 Å². The highest BCUT2D eigenvalue weighted by Crippen LogP contribution is 2.25. The number of nitrogens with two attached hydrogens (primary N) is 1. The Labute approximate surface area is 491 Å². The fourth-order valence-electron chi connectivity index (χ4n) is 10.1. The first-order chi connectivity index (χ1) is 38.3. The second-order valence-corrected chi connectivity index (χ2v) is 25.5. The van der Waals surface area contributed by atoms with E-state index in [1.165, 1.54) is 58.3 Å². The van der Waals surface area contributed by atoms with Crippen molar-refractivity contribution in [2.45, 2.75) is 247 Å². The second-order valence-electron chi connectivity index (χ2n) is 25.5. The molecule has 0 aromatic rings. The summed E-state index contributed by atoms with van der Waals surface area (Å²) in [5, 5.41) is 34.4. The Kier molecular flexibility index (Phi) is 28.1. The lowest BCUT2D eigenvalue weighted by Gasteiger charge is -2.36. The second kappa shape index (κ2) is 32.0. The van der Waals surface area contributed by atoms with E-state index in [1.807, 2.05) is 48.5 Å². The number of likely N-dealkylation sites (tertiary alicyclic amines) is 2. The van der Waals surface area contributed by atoms with Crippen LogP contribution in [-0.4, -0.2) is 170 Å². The monoisotopic (exact) mass is 1170 g/mol. The first-order valence-electron chi connectivity index (χ1n) is 29.6. The molecule has 0 spiro atoms. The molecule has 0 bridgehead atoms. The van der Waals surface area contributed by atoms with Crippen LogP contribution in [0, 0.1) is 29.6 Å². The van der Waals surface area contributed by atoms with Crippen LogP contribution in [0.25, 0.3) is 0 Å². The number of carbonyl (C=O) groups is 12. The number of hydrogen-bond acceptors (Lipinski definition) is 13. The topological polar surface area (TPSA) is 366 Å². The lowest BCUT2D eigenvalue weighted by molar-refractivity contribution is -0.146. The van der Waals surface area contributed by atoms with Crippen molar-refractivity contribution in [2.75, 3.05) is 19.7 Å². The zero-order valence-electron chi connectivity index (χ0n) is 52.5. The van der Waals surface area contributed by atoms with E-state index in [0.29, 0.717) is 32.1 Å². The number of nitrogens with one attached hydrogen (secondary N) is 9. The minimum atomic E-state index is -1.65. The molecule has 472 valence electrons. The first-order valence-corrected chi connectivity index (χ1v) is 29.6. The number of amides is 12. The van der Waals surface area contributed by atoms with Crippen molar-refractivity contribution >= 4 is 70.9 Å². The molecular formula is C58H102N12O13. The van der Waals surface area contributed by atoms with Gasteiger partial charge in [-0.05, 0) is 116 Å². The Morgan fingerprint density at radius 1 is 0.530 bits per heavy atom. The van der Waals surface area contributed by atoms with Gasteiger partial charge >= 0.3 is 0 Å². The number of aliphatic hydroxyl groups is 1. The van der Waals surface area contributed by atoms with Crippen LogP contribution in [0.4, 0.5) is 0 Å². The standard InChI is InChI=1S/C58H102N12O13/c1-18-34(9)44(64-46(74)37(24-25-43(59)73)63-53(81)56(12,13)66-36(11)72)51(79)60-38(28-31(3)4)47(75)68-58(16,17)55(83)70-27-21-23-42(70)50(78)65-45(35(10)19-2)52(80)61-39(29-32(5)6)48(76)67-57(14,15)54(82)69-26-20-22-41(69)49(77)62-40(30-71)33(7)8/h31-35,37-42,44-45,71H,18-30H2,1-17H3,(H2,59,73)(H,60,79)(H,61,80)(H,62,77)(H,63,81)(H,64,74)(H,65,78)(H,66,72)(H,67,76)(H,68,75)/t34-,35+,37+,38-,39+,40+,41-,42-,44+,45+/m0/s1. The van der Waals surface area contributed by atoms with Gasteiger partial charge in [0.1, 0.15) is 58.9 Å². The summed E-state index contributed by atoms with van der Waals surface area (Å²) in [5.41, 5.74) is 0.762. The molecule has 2 fully saturated rings. The normalized spacial score (nSPS) is 18.6. The Morgan fingerprint density at radius 2 is 0.940 bits per heavy atom. The van der Waals surface area contributed by atoms with Crippen LogP contribution in [-0.2, 0) is 57.5 Å². The highest BCUT2D eigenvalue weighted by atomic mass is 16.3.